The molecule has 0 spiro atoms. The number of unbranched alkanes of at least 4 members (excludes halogenated alkanes) is 1. The third-order valence-electron chi connectivity index (χ3n) is 13.4. The molecule has 3 aromatic rings. The van der Waals surface area contributed by atoms with Gasteiger partial charge in [-0.05, 0) is 131 Å². The molecule has 1 fully saturated rings. The van der Waals surface area contributed by atoms with Gasteiger partial charge in [0.25, 0.3) is 0 Å². The van der Waals surface area contributed by atoms with Crippen molar-refractivity contribution in [3.63, 3.8) is 0 Å². The van der Waals surface area contributed by atoms with Crippen LogP contribution in [-0.4, -0.2) is 175 Å². The SMILES string of the molecule is Cc1ccnc(-c2cc(CC(N)C(=O)N[C@H](C(=O)NCC(=O)N[C@@H](CCC(=O)O)C(=O)N[C@@H](CCCCN)C(=O)N3CCC[C@H]3C(=O)N[C@@H](Cc3ccc(O)cc3)C(=O)NCC(=O)SCCC(=O)N[C@@H](CC(C)C)C(N)=O)[C@@H](C)O)ccn2)c1. The van der Waals surface area contributed by atoms with E-state index in [9.17, 15) is 68.1 Å². The largest absolute Gasteiger partial charge is 0.508 e. The number of hydrogen-bond acceptors (Lipinski definition) is 18. The van der Waals surface area contributed by atoms with Crippen LogP contribution in [0.25, 0.3) is 11.4 Å². The summed E-state index contributed by atoms with van der Waals surface area (Å²) < 4.78 is 0. The number of primary amides is 1. The Balaban J connectivity index is 1.40. The number of carbonyl (C=O) groups excluding carboxylic acids is 10. The molecule has 9 amide bonds. The van der Waals surface area contributed by atoms with Gasteiger partial charge < -0.3 is 74.6 Å². The molecule has 2 aromatic heterocycles. The second-order valence-electron chi connectivity index (χ2n) is 20.9. The first-order valence-electron chi connectivity index (χ1n) is 27.7. The van der Waals surface area contributed by atoms with Gasteiger partial charge in [0, 0.05) is 44.0 Å². The number of phenolic OH excluding ortho intramolecular Hbond substituents is 1. The molecule has 3 heterocycles. The standard InChI is InChI=1S/C56H79N13O14S/c1-31(2)24-42(50(59)77)65-45(72)18-23-84-48(76)30-63-52(79)43(27-34-10-12-36(71)13-11-34)67-54(81)44-9-7-22-69(44)56(83)39(8-5-6-19-57)66-53(80)38(14-15-47(74)75)64-46(73)29-62-55(82)49(33(4)70)68-51(78)37(58)26-35-17-21-61-41(28-35)40-25-32(3)16-20-60-40/h10-13,16-17,20-21,25,28,31,33,37-39,42-44,49,70-71H,5-9,14-15,18-19,22-24,26-27,29-30,57-58H2,1-4H3,(H2,59,77)(H,62,82)(H,63,79)(H,64,73)(H,65,72)(H,66,80)(H,67,81)(H,68,78)(H,74,75)/t33-,37?,38+,39+,42+,43+,44+,49+/m1/s1. The van der Waals surface area contributed by atoms with Crippen molar-refractivity contribution in [3.05, 3.63) is 77.6 Å². The Morgan fingerprint density at radius 1 is 0.714 bits per heavy atom. The van der Waals surface area contributed by atoms with Gasteiger partial charge in [-0.3, -0.25) is 62.7 Å². The summed E-state index contributed by atoms with van der Waals surface area (Å²) in [7, 11) is 0. The summed E-state index contributed by atoms with van der Waals surface area (Å²) in [5.41, 5.74) is 20.6. The zero-order valence-corrected chi connectivity index (χ0v) is 48.4. The van der Waals surface area contributed by atoms with Crippen LogP contribution in [0.1, 0.15) is 95.2 Å². The minimum atomic E-state index is -1.59. The maximum absolute atomic E-state index is 14.5. The van der Waals surface area contributed by atoms with Gasteiger partial charge in [-0.1, -0.05) is 37.7 Å². The van der Waals surface area contributed by atoms with Crippen LogP contribution in [0, 0.1) is 12.8 Å². The fraction of sp³-hybridized carbons (Fsp3) is 0.518. The highest BCUT2D eigenvalue weighted by molar-refractivity contribution is 8.13. The topological polar surface area (TPSA) is 440 Å². The van der Waals surface area contributed by atoms with Crippen LogP contribution in [0.3, 0.4) is 0 Å². The second kappa shape index (κ2) is 34.5. The van der Waals surface area contributed by atoms with E-state index in [0.717, 1.165) is 17.3 Å². The van der Waals surface area contributed by atoms with E-state index in [0.29, 0.717) is 48.2 Å². The monoisotopic (exact) mass is 1190 g/mol. The number of nitrogens with zero attached hydrogens (tertiary/aromatic N) is 3. The van der Waals surface area contributed by atoms with Crippen molar-refractivity contribution in [2.45, 2.75) is 147 Å². The summed E-state index contributed by atoms with van der Waals surface area (Å²) in [6, 6.07) is 3.83. The number of benzene rings is 1. The number of aliphatic hydroxyl groups is 1. The molecule has 27 nitrogen and oxygen atoms in total. The quantitative estimate of drug-likeness (QED) is 0.0302. The first kappa shape index (κ1) is 68.4. The first-order valence-corrected chi connectivity index (χ1v) is 28.7. The predicted octanol–water partition coefficient (Wildman–Crippen LogP) is -1.53. The van der Waals surface area contributed by atoms with Crippen molar-refractivity contribution in [1.82, 2.24) is 52.1 Å². The molecule has 0 bridgehead atoms. The van der Waals surface area contributed by atoms with Gasteiger partial charge in [0.1, 0.15) is 42.0 Å². The molecule has 1 aliphatic rings. The average Bonchev–Trinajstić information content (AvgIpc) is 4.15. The lowest BCUT2D eigenvalue weighted by Crippen LogP contribution is -2.59. The fourth-order valence-electron chi connectivity index (χ4n) is 8.93. The minimum absolute atomic E-state index is 0.00147. The van der Waals surface area contributed by atoms with E-state index in [-0.39, 0.29) is 62.6 Å². The number of aliphatic hydroxyl groups excluding tert-OH is 1. The van der Waals surface area contributed by atoms with E-state index in [1.807, 2.05) is 32.9 Å². The van der Waals surface area contributed by atoms with Gasteiger partial charge in [-0.2, -0.15) is 0 Å². The van der Waals surface area contributed by atoms with Crippen molar-refractivity contribution in [2.75, 3.05) is 31.9 Å². The van der Waals surface area contributed by atoms with Crippen LogP contribution in [0.5, 0.6) is 5.75 Å². The predicted molar refractivity (Wildman–Crippen MR) is 308 cm³/mol. The van der Waals surface area contributed by atoms with E-state index in [2.05, 4.69) is 47.2 Å². The number of phenols is 1. The number of aromatic nitrogens is 2. The van der Waals surface area contributed by atoms with Gasteiger partial charge >= 0.3 is 5.97 Å². The highest BCUT2D eigenvalue weighted by atomic mass is 32.2. The minimum Gasteiger partial charge on any atom is -0.508 e. The van der Waals surface area contributed by atoms with Crippen molar-refractivity contribution in [1.29, 1.82) is 0 Å². The van der Waals surface area contributed by atoms with Gasteiger partial charge in [0.15, 0.2) is 0 Å². The van der Waals surface area contributed by atoms with Crippen LogP contribution < -0.4 is 54.4 Å². The van der Waals surface area contributed by atoms with Crippen LogP contribution in [-0.2, 0) is 65.6 Å². The van der Waals surface area contributed by atoms with Gasteiger partial charge in [0.05, 0.1) is 36.6 Å². The number of amides is 9. The maximum Gasteiger partial charge on any atom is 0.303 e. The molecule has 4 rings (SSSR count). The molecule has 8 atom stereocenters. The number of carbonyl (C=O) groups is 11. The molecule has 0 aliphatic carbocycles. The summed E-state index contributed by atoms with van der Waals surface area (Å²) in [6.07, 6.45) is 1.94. The summed E-state index contributed by atoms with van der Waals surface area (Å²) >= 11 is 0.767. The second-order valence-corrected chi connectivity index (χ2v) is 22.0. The van der Waals surface area contributed by atoms with Crippen LogP contribution in [0.4, 0.5) is 0 Å². The van der Waals surface area contributed by atoms with Crippen LogP contribution in [0.2, 0.25) is 0 Å². The van der Waals surface area contributed by atoms with Crippen molar-refractivity contribution in [2.24, 2.45) is 23.1 Å². The molecule has 1 aliphatic heterocycles. The first-order chi connectivity index (χ1) is 39.8. The lowest BCUT2D eigenvalue weighted by molar-refractivity contribution is -0.143. The van der Waals surface area contributed by atoms with E-state index < -0.39 is 139 Å². The van der Waals surface area contributed by atoms with Gasteiger partial charge in [-0.15, -0.1) is 0 Å². The molecule has 458 valence electrons. The Labute approximate surface area is 490 Å². The lowest BCUT2D eigenvalue weighted by Gasteiger charge is -2.30. The molecule has 84 heavy (non-hydrogen) atoms. The van der Waals surface area contributed by atoms with Gasteiger partial charge in [-0.25, -0.2) is 0 Å². The molecule has 16 N–H and O–H groups in total. The molecule has 0 saturated carbocycles. The molecule has 1 aromatic carbocycles. The van der Waals surface area contributed by atoms with Crippen molar-refractivity contribution in [3.8, 4) is 17.1 Å². The van der Waals surface area contributed by atoms with Crippen LogP contribution >= 0.6 is 11.8 Å². The molecule has 28 heteroatoms. The van der Waals surface area contributed by atoms with Crippen molar-refractivity contribution >= 4 is 76.0 Å². The highest BCUT2D eigenvalue weighted by Crippen LogP contribution is 2.22. The summed E-state index contributed by atoms with van der Waals surface area (Å²) in [6.45, 7) is 5.84. The number of rotatable bonds is 34. The van der Waals surface area contributed by atoms with E-state index in [4.69, 9.17) is 17.2 Å². The van der Waals surface area contributed by atoms with E-state index in [1.165, 1.54) is 42.3 Å². The molecular weight excluding hydrogens is 1110 g/mol. The van der Waals surface area contributed by atoms with E-state index in [1.54, 1.807) is 18.3 Å². The number of nitrogens with one attached hydrogen (secondary N) is 7. The Morgan fingerprint density at radius 2 is 1.38 bits per heavy atom. The summed E-state index contributed by atoms with van der Waals surface area (Å²) in [5, 5.41) is 46.9. The zero-order chi connectivity index (χ0) is 62.0. The molecule has 1 unspecified atom stereocenters. The smallest absolute Gasteiger partial charge is 0.303 e. The highest BCUT2D eigenvalue weighted by Gasteiger charge is 2.40. The number of aliphatic carboxylic acids is 1. The zero-order valence-electron chi connectivity index (χ0n) is 47.6. The number of carboxylic acids is 1. The third kappa shape index (κ3) is 23.3. The number of pyridine rings is 2. The Hall–Kier alpha value is -8.08. The lowest BCUT2D eigenvalue weighted by atomic mass is 10.0. The van der Waals surface area contributed by atoms with Crippen LogP contribution in [0.15, 0.2) is 60.9 Å². The number of carboxylic acid groups (broad SMARTS) is 1. The maximum atomic E-state index is 14.5. The number of thioether (sulfide) groups is 1. The third-order valence-corrected chi connectivity index (χ3v) is 14.2. The summed E-state index contributed by atoms with van der Waals surface area (Å²) in [4.78, 5) is 155. The van der Waals surface area contributed by atoms with Gasteiger partial charge in [0.2, 0.25) is 58.3 Å². The molecule has 1 saturated heterocycles. The Bertz CT molecular complexity index is 2790. The number of nitrogens with two attached hydrogens (primary N) is 3. The van der Waals surface area contributed by atoms with Crippen molar-refractivity contribution < 1.29 is 68.1 Å². The Kier molecular flexibility index (Phi) is 28.1. The number of hydrogen-bond donors (Lipinski definition) is 13. The normalized spacial score (nSPS) is 15.4. The number of aryl methyl sites for hydroxylation is 1. The Morgan fingerprint density at radius 3 is 2.02 bits per heavy atom. The number of likely N-dealkylation sites (tertiary alicyclic amines) is 1. The average molecular weight is 1190 g/mol. The fourth-order valence-corrected chi connectivity index (χ4v) is 9.62. The summed E-state index contributed by atoms with van der Waals surface area (Å²) in [5.74, 6) is -8.42. The molecule has 0 radical (unpaired) electrons. The van der Waals surface area contributed by atoms with E-state index >= 15 is 0 Å². The molecular formula is C56H79N13O14S. The number of aromatic hydroxyl groups is 1.